The molecule has 0 aliphatic rings. The summed E-state index contributed by atoms with van der Waals surface area (Å²) in [5.74, 6) is 0.547. The Morgan fingerprint density at radius 3 is 2.76 bits per heavy atom. The van der Waals surface area contributed by atoms with Gasteiger partial charge in [-0.15, -0.1) is 0 Å². The van der Waals surface area contributed by atoms with E-state index in [0.29, 0.717) is 28.0 Å². The number of fused-ring (bicyclic) bond motifs is 1. The van der Waals surface area contributed by atoms with E-state index in [1.807, 2.05) is 6.07 Å². The second-order valence-corrected chi connectivity index (χ2v) is 5.54. The van der Waals surface area contributed by atoms with Crippen LogP contribution in [-0.2, 0) is 0 Å². The first-order valence-electron chi connectivity index (χ1n) is 6.29. The molecule has 5 heteroatoms. The molecule has 0 spiro atoms. The van der Waals surface area contributed by atoms with Gasteiger partial charge in [0, 0.05) is 15.4 Å². The van der Waals surface area contributed by atoms with Crippen LogP contribution < -0.4 is 4.74 Å². The van der Waals surface area contributed by atoms with Crippen LogP contribution in [0.4, 0.5) is 4.39 Å². The summed E-state index contributed by atoms with van der Waals surface area (Å²) in [6, 6.07) is 11.2. The molecule has 108 valence electrons. The number of furan rings is 1. The van der Waals surface area contributed by atoms with Crippen LogP contribution in [0, 0.1) is 5.82 Å². The van der Waals surface area contributed by atoms with Crippen molar-refractivity contribution in [2.45, 2.75) is 6.10 Å². The fourth-order valence-electron chi connectivity index (χ4n) is 2.23. The van der Waals surface area contributed by atoms with E-state index in [-0.39, 0.29) is 5.82 Å². The monoisotopic (exact) mass is 350 g/mol. The van der Waals surface area contributed by atoms with Gasteiger partial charge in [0.25, 0.3) is 0 Å². The Morgan fingerprint density at radius 2 is 2.00 bits per heavy atom. The molecule has 2 aromatic carbocycles. The van der Waals surface area contributed by atoms with Crippen LogP contribution in [0.2, 0.25) is 0 Å². The third-order valence-corrected chi connectivity index (χ3v) is 3.75. The predicted molar refractivity (Wildman–Crippen MR) is 80.9 cm³/mol. The molecule has 3 rings (SSSR count). The molecule has 1 heterocycles. The van der Waals surface area contributed by atoms with Gasteiger partial charge < -0.3 is 14.3 Å². The van der Waals surface area contributed by atoms with Crippen molar-refractivity contribution in [3.63, 3.8) is 0 Å². The Morgan fingerprint density at radius 1 is 1.19 bits per heavy atom. The van der Waals surface area contributed by atoms with E-state index >= 15 is 0 Å². The van der Waals surface area contributed by atoms with E-state index in [2.05, 4.69) is 15.9 Å². The SMILES string of the molecule is COc1cc(Br)ccc1C(O)c1cc2cc(F)ccc2o1. The number of hydrogen-bond acceptors (Lipinski definition) is 3. The smallest absolute Gasteiger partial charge is 0.140 e. The summed E-state index contributed by atoms with van der Waals surface area (Å²) >= 11 is 3.35. The first-order chi connectivity index (χ1) is 10.1. The van der Waals surface area contributed by atoms with Gasteiger partial charge in [-0.3, -0.25) is 0 Å². The molecule has 0 aliphatic carbocycles. The van der Waals surface area contributed by atoms with Crippen molar-refractivity contribution in [2.75, 3.05) is 7.11 Å². The van der Waals surface area contributed by atoms with Crippen LogP contribution in [0.5, 0.6) is 5.75 Å². The maximum Gasteiger partial charge on any atom is 0.140 e. The Hall–Kier alpha value is -1.85. The third kappa shape index (κ3) is 2.66. The lowest BCUT2D eigenvalue weighted by molar-refractivity contribution is 0.188. The van der Waals surface area contributed by atoms with E-state index in [0.717, 1.165) is 4.47 Å². The number of rotatable bonds is 3. The van der Waals surface area contributed by atoms with Crippen LogP contribution in [0.3, 0.4) is 0 Å². The van der Waals surface area contributed by atoms with Gasteiger partial charge >= 0.3 is 0 Å². The normalized spacial score (nSPS) is 12.6. The summed E-state index contributed by atoms with van der Waals surface area (Å²) in [5.41, 5.74) is 1.11. The first kappa shape index (κ1) is 14.1. The van der Waals surface area contributed by atoms with Gasteiger partial charge in [0.2, 0.25) is 0 Å². The molecule has 1 unspecified atom stereocenters. The summed E-state index contributed by atoms with van der Waals surface area (Å²) in [5, 5.41) is 11.1. The third-order valence-electron chi connectivity index (χ3n) is 3.26. The van der Waals surface area contributed by atoms with Gasteiger partial charge in [0.1, 0.15) is 29.0 Å². The van der Waals surface area contributed by atoms with Crippen molar-refractivity contribution in [1.29, 1.82) is 0 Å². The van der Waals surface area contributed by atoms with Crippen molar-refractivity contribution in [3.8, 4) is 5.75 Å². The first-order valence-corrected chi connectivity index (χ1v) is 7.08. The molecular formula is C16H12BrFO3. The summed E-state index contributed by atoms with van der Waals surface area (Å²) in [6.45, 7) is 0. The minimum Gasteiger partial charge on any atom is -0.496 e. The second-order valence-electron chi connectivity index (χ2n) is 4.62. The quantitative estimate of drug-likeness (QED) is 0.759. The molecule has 3 nitrogen and oxygen atoms in total. The average molecular weight is 351 g/mol. The average Bonchev–Trinajstić information content (AvgIpc) is 2.89. The zero-order chi connectivity index (χ0) is 15.0. The molecule has 0 bridgehead atoms. The summed E-state index contributed by atoms with van der Waals surface area (Å²) in [4.78, 5) is 0. The maximum absolute atomic E-state index is 13.2. The number of ether oxygens (including phenoxy) is 1. The van der Waals surface area contributed by atoms with E-state index in [1.54, 1.807) is 24.3 Å². The van der Waals surface area contributed by atoms with E-state index in [4.69, 9.17) is 9.15 Å². The lowest BCUT2D eigenvalue weighted by atomic mass is 10.1. The zero-order valence-corrected chi connectivity index (χ0v) is 12.7. The van der Waals surface area contributed by atoms with Crippen LogP contribution in [0.25, 0.3) is 11.0 Å². The van der Waals surface area contributed by atoms with Gasteiger partial charge in [-0.2, -0.15) is 0 Å². The van der Waals surface area contributed by atoms with Crippen molar-refractivity contribution in [3.05, 3.63) is 64.1 Å². The number of halogens is 2. The Labute approximate surface area is 129 Å². The van der Waals surface area contributed by atoms with E-state index in [1.165, 1.54) is 19.2 Å². The number of benzene rings is 2. The van der Waals surface area contributed by atoms with Crippen molar-refractivity contribution >= 4 is 26.9 Å². The Kier molecular flexibility index (Phi) is 3.69. The molecule has 0 aliphatic heterocycles. The molecular weight excluding hydrogens is 339 g/mol. The van der Waals surface area contributed by atoms with E-state index in [9.17, 15) is 9.50 Å². The number of methoxy groups -OCH3 is 1. The van der Waals surface area contributed by atoms with Crippen LogP contribution in [0.1, 0.15) is 17.4 Å². The minimum atomic E-state index is -0.983. The molecule has 0 fully saturated rings. The number of aliphatic hydroxyl groups is 1. The zero-order valence-electron chi connectivity index (χ0n) is 11.1. The molecule has 1 N–H and O–H groups in total. The standard InChI is InChI=1S/C16H12BrFO3/c1-20-14-8-10(17)2-4-12(14)16(19)15-7-9-6-11(18)3-5-13(9)21-15/h2-8,16,19H,1H3. The van der Waals surface area contributed by atoms with Crippen molar-refractivity contribution in [1.82, 2.24) is 0 Å². The molecule has 0 saturated carbocycles. The number of aliphatic hydroxyl groups excluding tert-OH is 1. The molecule has 0 saturated heterocycles. The lowest BCUT2D eigenvalue weighted by Crippen LogP contribution is -2.01. The van der Waals surface area contributed by atoms with E-state index < -0.39 is 6.10 Å². The summed E-state index contributed by atoms with van der Waals surface area (Å²) < 4.78 is 24.9. The summed E-state index contributed by atoms with van der Waals surface area (Å²) in [6.07, 6.45) is -0.983. The molecule has 3 aromatic rings. The molecule has 1 atom stereocenters. The highest BCUT2D eigenvalue weighted by Gasteiger charge is 2.19. The molecule has 21 heavy (non-hydrogen) atoms. The van der Waals surface area contributed by atoms with Gasteiger partial charge in [-0.25, -0.2) is 4.39 Å². The van der Waals surface area contributed by atoms with Gasteiger partial charge in [0.05, 0.1) is 7.11 Å². The van der Waals surface area contributed by atoms with Gasteiger partial charge in [-0.05, 0) is 36.4 Å². The highest BCUT2D eigenvalue weighted by atomic mass is 79.9. The van der Waals surface area contributed by atoms with Crippen LogP contribution in [-0.4, -0.2) is 12.2 Å². The number of hydrogen-bond donors (Lipinski definition) is 1. The largest absolute Gasteiger partial charge is 0.496 e. The fraction of sp³-hybridized carbons (Fsp3) is 0.125. The second kappa shape index (κ2) is 5.50. The highest BCUT2D eigenvalue weighted by Crippen LogP contribution is 2.34. The minimum absolute atomic E-state index is 0.342. The predicted octanol–water partition coefficient (Wildman–Crippen LogP) is 4.42. The van der Waals surface area contributed by atoms with Crippen molar-refractivity contribution < 1.29 is 18.7 Å². The highest BCUT2D eigenvalue weighted by molar-refractivity contribution is 9.10. The van der Waals surface area contributed by atoms with Crippen molar-refractivity contribution in [2.24, 2.45) is 0 Å². The van der Waals surface area contributed by atoms with Crippen LogP contribution in [0.15, 0.2) is 51.4 Å². The lowest BCUT2D eigenvalue weighted by Gasteiger charge is -2.13. The van der Waals surface area contributed by atoms with Gasteiger partial charge in [0.15, 0.2) is 0 Å². The fourth-order valence-corrected chi connectivity index (χ4v) is 2.57. The summed E-state index contributed by atoms with van der Waals surface area (Å²) in [7, 11) is 1.53. The van der Waals surface area contributed by atoms with Gasteiger partial charge in [-0.1, -0.05) is 22.0 Å². The molecule has 0 amide bonds. The maximum atomic E-state index is 13.2. The Balaban J connectivity index is 2.05. The Bertz CT molecular complexity index is 797. The molecule has 0 radical (unpaired) electrons. The van der Waals surface area contributed by atoms with Crippen LogP contribution >= 0.6 is 15.9 Å². The molecule has 1 aromatic heterocycles. The topological polar surface area (TPSA) is 42.6 Å².